The number of amides is 1. The molecule has 1 aliphatic rings. The quantitative estimate of drug-likeness (QED) is 0.868. The molecule has 3 N–H and O–H groups in total. The van der Waals surface area contributed by atoms with Crippen LogP contribution in [0.2, 0.25) is 0 Å². The number of phenols is 1. The molecule has 0 aromatic heterocycles. The van der Waals surface area contributed by atoms with Gasteiger partial charge in [0.05, 0.1) is 0 Å². The Balaban J connectivity index is 1.62. The molecule has 1 aliphatic carbocycles. The van der Waals surface area contributed by atoms with Gasteiger partial charge in [0, 0.05) is 18.3 Å². The molecule has 2 aromatic rings. The van der Waals surface area contributed by atoms with Gasteiger partial charge in [-0.2, -0.15) is 0 Å². The van der Waals surface area contributed by atoms with Crippen LogP contribution in [0, 0.1) is 0 Å². The summed E-state index contributed by atoms with van der Waals surface area (Å²) in [6.45, 7) is 4.29. The summed E-state index contributed by atoms with van der Waals surface area (Å²) >= 11 is 0. The second-order valence-corrected chi connectivity index (χ2v) is 6.97. The van der Waals surface area contributed by atoms with Crippen molar-refractivity contribution in [3.05, 3.63) is 59.7 Å². The first kappa shape index (κ1) is 17.1. The number of nitrogens with two attached hydrogens (primary N) is 1. The number of carbonyl (C=O) groups is 1. The van der Waals surface area contributed by atoms with Crippen molar-refractivity contribution in [2.45, 2.75) is 44.3 Å². The minimum absolute atomic E-state index is 0.0558. The summed E-state index contributed by atoms with van der Waals surface area (Å²) in [7, 11) is 0. The molecule has 0 heterocycles. The van der Waals surface area contributed by atoms with Gasteiger partial charge in [0.15, 0.2) is 0 Å². The Morgan fingerprint density at radius 2 is 1.52 bits per heavy atom. The van der Waals surface area contributed by atoms with E-state index in [-0.39, 0.29) is 23.4 Å². The van der Waals surface area contributed by atoms with Gasteiger partial charge in [-0.25, -0.2) is 4.79 Å². The molecule has 0 aliphatic heterocycles. The van der Waals surface area contributed by atoms with E-state index in [1.807, 2.05) is 24.3 Å². The first-order chi connectivity index (χ1) is 11.8. The average molecular weight is 341 g/mol. The third kappa shape index (κ3) is 3.87. The molecule has 0 radical (unpaired) electrons. The van der Waals surface area contributed by atoms with Gasteiger partial charge in [-0.1, -0.05) is 38.1 Å². The molecular formula is C20H23NO4. The normalized spacial score (nSPS) is 19.8. The Labute approximate surface area is 147 Å². The van der Waals surface area contributed by atoms with Gasteiger partial charge in [-0.15, -0.1) is 0 Å². The van der Waals surface area contributed by atoms with Crippen molar-refractivity contribution >= 4 is 6.09 Å². The Bertz CT molecular complexity index is 731. The smallest absolute Gasteiger partial charge is 0.404 e. The Morgan fingerprint density at radius 3 is 2.04 bits per heavy atom. The minimum atomic E-state index is -0.732. The molecule has 2 aromatic carbocycles. The summed E-state index contributed by atoms with van der Waals surface area (Å²) in [5.74, 6) is 1.06. The predicted molar refractivity (Wildman–Crippen MR) is 94.8 cm³/mol. The molecule has 3 rings (SSSR count). The number of primary amides is 1. The molecule has 0 unspecified atom stereocenters. The lowest BCUT2D eigenvalue weighted by atomic mass is 9.78. The molecule has 132 valence electrons. The zero-order valence-corrected chi connectivity index (χ0v) is 14.4. The molecule has 1 amide bonds. The molecule has 0 spiro atoms. The highest BCUT2D eigenvalue weighted by Gasteiger charge is 2.33. The lowest BCUT2D eigenvalue weighted by Gasteiger charge is -2.34. The topological polar surface area (TPSA) is 81.8 Å². The van der Waals surface area contributed by atoms with Gasteiger partial charge in [0.2, 0.25) is 0 Å². The largest absolute Gasteiger partial charge is 0.508 e. The van der Waals surface area contributed by atoms with E-state index in [4.69, 9.17) is 15.2 Å². The van der Waals surface area contributed by atoms with Crippen LogP contribution in [0.4, 0.5) is 4.79 Å². The number of hydrogen-bond acceptors (Lipinski definition) is 4. The van der Waals surface area contributed by atoms with Crippen LogP contribution in [0.25, 0.3) is 0 Å². The van der Waals surface area contributed by atoms with Crippen LogP contribution in [0.1, 0.15) is 37.8 Å². The molecule has 0 atom stereocenters. The van der Waals surface area contributed by atoms with Gasteiger partial charge in [-0.05, 0) is 35.4 Å². The van der Waals surface area contributed by atoms with Crippen LogP contribution in [-0.4, -0.2) is 23.4 Å². The summed E-state index contributed by atoms with van der Waals surface area (Å²) < 4.78 is 10.8. The summed E-state index contributed by atoms with van der Waals surface area (Å²) in [5.41, 5.74) is 7.11. The highest BCUT2D eigenvalue weighted by molar-refractivity contribution is 5.64. The third-order valence-electron chi connectivity index (χ3n) is 4.80. The van der Waals surface area contributed by atoms with Crippen LogP contribution in [-0.2, 0) is 10.2 Å². The van der Waals surface area contributed by atoms with Crippen molar-refractivity contribution in [3.63, 3.8) is 0 Å². The number of ether oxygens (including phenoxy) is 2. The molecule has 5 heteroatoms. The molecule has 5 nitrogen and oxygen atoms in total. The molecule has 1 saturated carbocycles. The van der Waals surface area contributed by atoms with Crippen molar-refractivity contribution in [1.82, 2.24) is 0 Å². The fourth-order valence-corrected chi connectivity index (χ4v) is 3.06. The number of aromatic hydroxyl groups is 1. The third-order valence-corrected chi connectivity index (χ3v) is 4.80. The lowest BCUT2D eigenvalue weighted by Crippen LogP contribution is -2.41. The summed E-state index contributed by atoms with van der Waals surface area (Å²) in [4.78, 5) is 10.7. The molecule has 1 fully saturated rings. The maximum absolute atomic E-state index is 10.7. The van der Waals surface area contributed by atoms with E-state index in [0.717, 1.165) is 16.9 Å². The van der Waals surface area contributed by atoms with Gasteiger partial charge in [0.25, 0.3) is 0 Å². The molecule has 0 saturated heterocycles. The van der Waals surface area contributed by atoms with Crippen LogP contribution < -0.4 is 10.5 Å². The maximum Gasteiger partial charge on any atom is 0.404 e. The number of hydrogen-bond donors (Lipinski definition) is 2. The van der Waals surface area contributed by atoms with Gasteiger partial charge in [-0.3, -0.25) is 0 Å². The first-order valence-corrected chi connectivity index (χ1v) is 8.37. The van der Waals surface area contributed by atoms with Crippen molar-refractivity contribution < 1.29 is 19.4 Å². The molecule has 0 bridgehead atoms. The summed E-state index contributed by atoms with van der Waals surface area (Å²) in [6, 6.07) is 15.3. The Morgan fingerprint density at radius 1 is 1.00 bits per heavy atom. The van der Waals surface area contributed by atoms with E-state index >= 15 is 0 Å². The van der Waals surface area contributed by atoms with Gasteiger partial charge >= 0.3 is 6.09 Å². The van der Waals surface area contributed by atoms with Crippen molar-refractivity contribution in [3.8, 4) is 11.5 Å². The molecule has 25 heavy (non-hydrogen) atoms. The van der Waals surface area contributed by atoms with E-state index in [2.05, 4.69) is 26.0 Å². The van der Waals surface area contributed by atoms with Gasteiger partial charge < -0.3 is 20.3 Å². The highest BCUT2D eigenvalue weighted by atomic mass is 16.6. The number of rotatable bonds is 5. The van der Waals surface area contributed by atoms with Crippen LogP contribution in [0.3, 0.4) is 0 Å². The molecular weight excluding hydrogens is 318 g/mol. The van der Waals surface area contributed by atoms with Crippen LogP contribution >= 0.6 is 0 Å². The van der Waals surface area contributed by atoms with E-state index in [1.54, 1.807) is 12.1 Å². The van der Waals surface area contributed by atoms with E-state index in [0.29, 0.717) is 12.8 Å². The number of carbonyl (C=O) groups excluding carboxylic acids is 1. The fraction of sp³-hybridized carbons (Fsp3) is 0.350. The second kappa shape index (κ2) is 6.67. The summed E-state index contributed by atoms with van der Waals surface area (Å²) in [6.07, 6.45) is 0.535. The highest BCUT2D eigenvalue weighted by Crippen LogP contribution is 2.34. The lowest BCUT2D eigenvalue weighted by molar-refractivity contribution is -0.0197. The zero-order valence-electron chi connectivity index (χ0n) is 14.4. The Kier molecular flexibility index (Phi) is 4.57. The average Bonchev–Trinajstić information content (AvgIpc) is 2.53. The number of phenolic OH excluding ortho intramolecular Hbond substituents is 1. The van der Waals surface area contributed by atoms with Gasteiger partial charge in [0.1, 0.15) is 23.7 Å². The van der Waals surface area contributed by atoms with Crippen molar-refractivity contribution in [1.29, 1.82) is 0 Å². The maximum atomic E-state index is 10.7. The Hall–Kier alpha value is -2.69. The fourth-order valence-electron chi connectivity index (χ4n) is 3.06. The van der Waals surface area contributed by atoms with Crippen LogP contribution in [0.5, 0.6) is 11.5 Å². The summed E-state index contributed by atoms with van der Waals surface area (Å²) in [5, 5.41) is 9.46. The monoisotopic (exact) mass is 341 g/mol. The number of benzene rings is 2. The predicted octanol–water partition coefficient (Wildman–Crippen LogP) is 3.72. The van der Waals surface area contributed by atoms with Crippen molar-refractivity contribution in [2.75, 3.05) is 0 Å². The van der Waals surface area contributed by atoms with E-state index in [9.17, 15) is 9.90 Å². The van der Waals surface area contributed by atoms with Crippen molar-refractivity contribution in [2.24, 2.45) is 5.73 Å². The van der Waals surface area contributed by atoms with E-state index < -0.39 is 6.09 Å². The van der Waals surface area contributed by atoms with Crippen LogP contribution in [0.15, 0.2) is 48.5 Å². The van der Waals surface area contributed by atoms with E-state index in [1.165, 1.54) is 0 Å². The minimum Gasteiger partial charge on any atom is -0.508 e. The zero-order chi connectivity index (χ0) is 18.0. The second-order valence-electron chi connectivity index (χ2n) is 6.97. The standard InChI is InChI=1S/C20H23NO4/c1-20(2,13-3-7-15(22)8-4-13)14-5-9-16(10-6-14)24-17-11-18(12-17)25-19(21)23/h3-10,17-18,22H,11-12H2,1-2H3,(H2,21,23). The first-order valence-electron chi connectivity index (χ1n) is 8.37. The SMILES string of the molecule is CC(C)(c1ccc(O)cc1)c1ccc(OC2CC(OC(N)=O)C2)cc1.